The summed E-state index contributed by atoms with van der Waals surface area (Å²) in [5.74, 6) is -0.00184. The lowest BCUT2D eigenvalue weighted by molar-refractivity contribution is -0.123. The smallest absolute Gasteiger partial charge is 0.317 e. The molecule has 3 heterocycles. The van der Waals surface area contributed by atoms with E-state index in [0.717, 1.165) is 73.1 Å². The van der Waals surface area contributed by atoms with Gasteiger partial charge < -0.3 is 20.9 Å². The number of piperazine rings is 1. The van der Waals surface area contributed by atoms with E-state index in [2.05, 4.69) is 60.0 Å². The van der Waals surface area contributed by atoms with E-state index in [1.807, 2.05) is 17.2 Å². The maximum Gasteiger partial charge on any atom is 0.317 e. The second-order valence-corrected chi connectivity index (χ2v) is 15.0. The Labute approximate surface area is 279 Å². The first-order valence-electron chi connectivity index (χ1n) is 16.6. The molecule has 2 saturated carbocycles. The first-order chi connectivity index (χ1) is 21.9. The number of hydrogen-bond donors (Lipinski definition) is 3. The van der Waals surface area contributed by atoms with Crippen molar-refractivity contribution in [1.82, 2.24) is 30.7 Å². The number of aryl methyl sites for hydroxylation is 2. The highest BCUT2D eigenvalue weighted by Crippen LogP contribution is 2.48. The molecule has 0 spiro atoms. The minimum atomic E-state index is -0.261. The standard InChI is InChI=1S/C34H43BrClN7O2/c35-24-14-23-7-6-22-15-25(36)8-9-28(22)32(31(23)38-17-24)42-12-13-43(33(45)41-26-4-2-1-3-5-26)27(19-42)16-30(44)39-20-34(10-11-34)29-18-37-21-40-29/h8-9,14-15,17,21,26-27,29,32H,1-7,10-13,16,18-20H2,(H,37,40)(H,39,44)(H,41,45)/t27-,29?,32?/m0/s1. The molecular formula is C34H43BrClN7O2. The number of nitrogens with one attached hydrogen (secondary N) is 3. The summed E-state index contributed by atoms with van der Waals surface area (Å²) in [5, 5.41) is 10.7. The lowest BCUT2D eigenvalue weighted by Crippen LogP contribution is -2.60. The van der Waals surface area contributed by atoms with Crippen molar-refractivity contribution in [2.24, 2.45) is 10.4 Å². The molecule has 1 saturated heterocycles. The highest BCUT2D eigenvalue weighted by Gasteiger charge is 2.50. The largest absolute Gasteiger partial charge is 0.371 e. The number of pyridine rings is 1. The molecule has 9 nitrogen and oxygen atoms in total. The number of rotatable bonds is 7. The summed E-state index contributed by atoms with van der Waals surface area (Å²) < 4.78 is 0.968. The Kier molecular flexibility index (Phi) is 9.08. The van der Waals surface area contributed by atoms with E-state index in [9.17, 15) is 9.59 Å². The van der Waals surface area contributed by atoms with E-state index < -0.39 is 0 Å². The minimum absolute atomic E-state index is 0.00184. The van der Waals surface area contributed by atoms with Crippen molar-refractivity contribution in [1.29, 1.82) is 0 Å². The second-order valence-electron chi connectivity index (χ2n) is 13.6. The lowest BCUT2D eigenvalue weighted by Gasteiger charge is -2.45. The molecule has 11 heteroatoms. The van der Waals surface area contributed by atoms with Gasteiger partial charge in [-0.2, -0.15) is 0 Å². The van der Waals surface area contributed by atoms with Gasteiger partial charge in [-0.15, -0.1) is 0 Å². The minimum Gasteiger partial charge on any atom is -0.371 e. The van der Waals surface area contributed by atoms with Gasteiger partial charge in [-0.25, -0.2) is 4.79 Å². The van der Waals surface area contributed by atoms with Crippen LogP contribution in [0.4, 0.5) is 4.79 Å². The third-order valence-electron chi connectivity index (χ3n) is 10.7. The Morgan fingerprint density at radius 3 is 2.69 bits per heavy atom. The topological polar surface area (TPSA) is 102 Å². The summed E-state index contributed by atoms with van der Waals surface area (Å²) in [7, 11) is 0. The van der Waals surface area contributed by atoms with Gasteiger partial charge in [0.2, 0.25) is 5.91 Å². The van der Waals surface area contributed by atoms with Crippen molar-refractivity contribution in [2.75, 3.05) is 32.7 Å². The van der Waals surface area contributed by atoms with Crippen molar-refractivity contribution < 1.29 is 9.59 Å². The van der Waals surface area contributed by atoms with E-state index in [1.54, 1.807) is 6.34 Å². The Bertz CT molecular complexity index is 1400. The number of aromatic nitrogens is 1. The molecule has 2 aliphatic heterocycles. The number of amides is 3. The van der Waals surface area contributed by atoms with E-state index in [0.29, 0.717) is 26.2 Å². The fraction of sp³-hybridized carbons (Fsp3) is 0.588. The van der Waals surface area contributed by atoms with Crippen LogP contribution in [0.25, 0.3) is 0 Å². The molecular weight excluding hydrogens is 654 g/mol. The molecule has 5 aliphatic rings. The second kappa shape index (κ2) is 13.2. The van der Waals surface area contributed by atoms with Crippen LogP contribution in [0.1, 0.15) is 79.8 Å². The van der Waals surface area contributed by atoms with Crippen LogP contribution in [-0.4, -0.2) is 83.9 Å². The van der Waals surface area contributed by atoms with Gasteiger partial charge >= 0.3 is 6.03 Å². The molecule has 0 radical (unpaired) electrons. The van der Waals surface area contributed by atoms with Gasteiger partial charge in [0, 0.05) is 59.7 Å². The number of benzene rings is 1. The summed E-state index contributed by atoms with van der Waals surface area (Å²) in [5.41, 5.74) is 4.78. The van der Waals surface area contributed by atoms with Crippen molar-refractivity contribution in [3.05, 3.63) is 62.3 Å². The van der Waals surface area contributed by atoms with Gasteiger partial charge in [0.25, 0.3) is 0 Å². The highest BCUT2D eigenvalue weighted by molar-refractivity contribution is 9.10. The predicted octanol–water partition coefficient (Wildman–Crippen LogP) is 5.00. The molecule has 240 valence electrons. The van der Waals surface area contributed by atoms with Crippen molar-refractivity contribution in [3.8, 4) is 0 Å². The van der Waals surface area contributed by atoms with Crippen LogP contribution in [0.3, 0.4) is 0 Å². The Morgan fingerprint density at radius 2 is 1.91 bits per heavy atom. The third-order valence-corrected chi connectivity index (χ3v) is 11.4. The van der Waals surface area contributed by atoms with Crippen LogP contribution in [0, 0.1) is 5.41 Å². The van der Waals surface area contributed by atoms with Gasteiger partial charge in [-0.3, -0.25) is 19.7 Å². The number of aliphatic imine (C=N–C) groups is 1. The highest BCUT2D eigenvalue weighted by atomic mass is 79.9. The van der Waals surface area contributed by atoms with E-state index in [4.69, 9.17) is 16.6 Å². The lowest BCUT2D eigenvalue weighted by atomic mass is 9.94. The quantitative estimate of drug-likeness (QED) is 0.379. The van der Waals surface area contributed by atoms with Gasteiger partial charge in [-0.1, -0.05) is 36.9 Å². The number of hydrogen-bond acceptors (Lipinski definition) is 6. The fourth-order valence-corrected chi connectivity index (χ4v) is 8.51. The summed E-state index contributed by atoms with van der Waals surface area (Å²) >= 11 is 10.1. The molecule has 3 atom stereocenters. The molecule has 2 unspecified atom stereocenters. The molecule has 3 aliphatic carbocycles. The zero-order valence-electron chi connectivity index (χ0n) is 25.7. The summed E-state index contributed by atoms with van der Waals surface area (Å²) in [4.78, 5) is 41.1. The molecule has 0 bridgehead atoms. The van der Waals surface area contributed by atoms with Crippen molar-refractivity contribution in [2.45, 2.75) is 88.4 Å². The number of fused-ring (bicyclic) bond motifs is 2. The first-order valence-corrected chi connectivity index (χ1v) is 17.8. The zero-order valence-corrected chi connectivity index (χ0v) is 28.1. The molecule has 3 N–H and O–H groups in total. The Morgan fingerprint density at radius 1 is 1.09 bits per heavy atom. The van der Waals surface area contributed by atoms with Crippen LogP contribution in [0.15, 0.2) is 39.9 Å². The van der Waals surface area contributed by atoms with Crippen LogP contribution >= 0.6 is 27.5 Å². The normalized spacial score (nSPS) is 25.9. The number of urea groups is 1. The molecule has 1 aromatic heterocycles. The third kappa shape index (κ3) is 6.74. The Hall–Kier alpha value is -2.69. The number of halogens is 2. The predicted molar refractivity (Wildman–Crippen MR) is 180 cm³/mol. The summed E-state index contributed by atoms with van der Waals surface area (Å²) in [6.07, 6.45) is 13.5. The maximum atomic E-state index is 13.8. The van der Waals surface area contributed by atoms with Crippen LogP contribution in [-0.2, 0) is 17.6 Å². The van der Waals surface area contributed by atoms with Gasteiger partial charge in [0.15, 0.2) is 0 Å². The van der Waals surface area contributed by atoms with Crippen LogP contribution in [0.5, 0.6) is 0 Å². The van der Waals surface area contributed by atoms with Crippen LogP contribution in [0.2, 0.25) is 5.02 Å². The van der Waals surface area contributed by atoms with E-state index in [-0.39, 0.29) is 47.9 Å². The summed E-state index contributed by atoms with van der Waals surface area (Å²) in [6.45, 7) is 3.23. The maximum absolute atomic E-state index is 13.8. The average molecular weight is 697 g/mol. The summed E-state index contributed by atoms with van der Waals surface area (Å²) in [6, 6.07) is 8.49. The van der Waals surface area contributed by atoms with Crippen molar-refractivity contribution in [3.63, 3.8) is 0 Å². The zero-order chi connectivity index (χ0) is 31.0. The van der Waals surface area contributed by atoms with Crippen LogP contribution < -0.4 is 16.0 Å². The van der Waals surface area contributed by atoms with Gasteiger partial charge in [-0.05, 0) is 89.3 Å². The number of carbonyl (C=O) groups excluding carboxylic acids is 2. The van der Waals surface area contributed by atoms with E-state index in [1.165, 1.54) is 23.1 Å². The average Bonchev–Trinajstić information content (AvgIpc) is 3.67. The fourth-order valence-electron chi connectivity index (χ4n) is 7.94. The first kappa shape index (κ1) is 30.9. The molecule has 3 fully saturated rings. The van der Waals surface area contributed by atoms with Crippen molar-refractivity contribution >= 4 is 45.8 Å². The number of nitrogens with zero attached hydrogens (tertiary/aromatic N) is 4. The van der Waals surface area contributed by atoms with E-state index >= 15 is 0 Å². The number of carbonyl (C=O) groups is 2. The SMILES string of the molecule is O=C(C[C@H]1CN(C2c3ccc(Cl)cc3CCc3cc(Br)cnc32)CCN1C(=O)NC1CCCCC1)NCC1(C2CN=CN2)CC1. The van der Waals surface area contributed by atoms with Gasteiger partial charge in [0.1, 0.15) is 0 Å². The van der Waals surface area contributed by atoms with Gasteiger partial charge in [0.05, 0.1) is 36.7 Å². The molecule has 1 aromatic carbocycles. The monoisotopic (exact) mass is 695 g/mol. The Balaban J connectivity index is 1.13. The molecule has 45 heavy (non-hydrogen) atoms. The molecule has 2 aromatic rings. The molecule has 3 amide bonds. The molecule has 7 rings (SSSR count).